The molecule has 0 unspecified atom stereocenters. The van der Waals surface area contributed by atoms with Gasteiger partial charge in [0.05, 0.1) is 21.9 Å². The van der Waals surface area contributed by atoms with Gasteiger partial charge in [-0.15, -0.1) is 0 Å². The van der Waals surface area contributed by atoms with E-state index in [1.165, 1.54) is 0 Å². The fourth-order valence-corrected chi connectivity index (χ4v) is 3.69. The second-order valence-corrected chi connectivity index (χ2v) is 7.40. The summed E-state index contributed by atoms with van der Waals surface area (Å²) in [5, 5.41) is 4.58. The molecule has 1 N–H and O–H groups in total. The van der Waals surface area contributed by atoms with Gasteiger partial charge >= 0.3 is 0 Å². The van der Waals surface area contributed by atoms with Crippen molar-refractivity contribution in [1.29, 1.82) is 0 Å². The Morgan fingerprint density at radius 2 is 1.81 bits per heavy atom. The van der Waals surface area contributed by atoms with Gasteiger partial charge in [0.1, 0.15) is 12.0 Å². The number of allylic oxidation sites excluding steroid dienone is 1. The number of nitrogens with zero attached hydrogens (tertiary/aromatic N) is 3. The molecule has 0 fully saturated rings. The Kier molecular flexibility index (Phi) is 6.05. The maximum Gasteiger partial charge on any atom is 0.152 e. The number of hydrogen-bond acceptors (Lipinski definition) is 5. The molecule has 0 bridgehead atoms. The maximum absolute atomic E-state index is 11.4. The van der Waals surface area contributed by atoms with Gasteiger partial charge in [0.2, 0.25) is 0 Å². The van der Waals surface area contributed by atoms with Crippen molar-refractivity contribution in [2.24, 2.45) is 0 Å². The predicted octanol–water partition coefficient (Wildman–Crippen LogP) is 6.05. The summed E-state index contributed by atoms with van der Waals surface area (Å²) in [6, 6.07) is 17.6. The number of aromatic nitrogens is 3. The standard InChI is InChI=1S/C25H21ClN4O/c1-3-16(15-31)12-21-25(27-2)30-23(17-8-5-4-6-9-17)24(29-21)19-13-18-10-7-11-28-22(18)20(26)14-19/h4-15H,3H2,1-2H3,(H,27,30)/b16-12-. The molecule has 4 rings (SSSR count). The Morgan fingerprint density at radius 1 is 1.03 bits per heavy atom. The van der Waals surface area contributed by atoms with E-state index >= 15 is 0 Å². The number of pyridine rings is 1. The van der Waals surface area contributed by atoms with Crippen LogP contribution in [0.5, 0.6) is 0 Å². The van der Waals surface area contributed by atoms with E-state index < -0.39 is 0 Å². The number of aldehydes is 1. The van der Waals surface area contributed by atoms with Crippen LogP contribution in [0.15, 0.2) is 66.4 Å². The van der Waals surface area contributed by atoms with Crippen molar-refractivity contribution in [3.63, 3.8) is 0 Å². The molecule has 2 heterocycles. The van der Waals surface area contributed by atoms with E-state index in [1.807, 2.05) is 61.5 Å². The largest absolute Gasteiger partial charge is 0.371 e. The zero-order valence-electron chi connectivity index (χ0n) is 17.3. The van der Waals surface area contributed by atoms with Crippen LogP contribution in [0, 0.1) is 0 Å². The van der Waals surface area contributed by atoms with E-state index in [9.17, 15) is 4.79 Å². The third-order valence-electron chi connectivity index (χ3n) is 5.02. The van der Waals surface area contributed by atoms with E-state index in [0.29, 0.717) is 34.2 Å². The molecule has 0 radical (unpaired) electrons. The van der Waals surface area contributed by atoms with Crippen LogP contribution >= 0.6 is 11.6 Å². The first kappa shape index (κ1) is 20.7. The summed E-state index contributed by atoms with van der Waals surface area (Å²) in [6.07, 6.45) is 4.95. The molecule has 154 valence electrons. The molecular weight excluding hydrogens is 408 g/mol. The van der Waals surface area contributed by atoms with Gasteiger partial charge < -0.3 is 5.32 Å². The zero-order chi connectivity index (χ0) is 21.8. The molecule has 0 spiro atoms. The topological polar surface area (TPSA) is 67.8 Å². The maximum atomic E-state index is 11.4. The molecule has 0 aliphatic carbocycles. The minimum absolute atomic E-state index is 0.547. The highest BCUT2D eigenvalue weighted by molar-refractivity contribution is 6.35. The normalized spacial score (nSPS) is 11.5. The molecular formula is C25H21ClN4O. The summed E-state index contributed by atoms with van der Waals surface area (Å²) in [4.78, 5) is 25.6. The highest BCUT2D eigenvalue weighted by Gasteiger charge is 2.17. The molecule has 2 aromatic carbocycles. The van der Waals surface area contributed by atoms with Crippen molar-refractivity contribution in [3.05, 3.63) is 77.1 Å². The molecule has 0 saturated carbocycles. The predicted molar refractivity (Wildman–Crippen MR) is 127 cm³/mol. The summed E-state index contributed by atoms with van der Waals surface area (Å²) < 4.78 is 0. The van der Waals surface area contributed by atoms with Gasteiger partial charge in [-0.2, -0.15) is 0 Å². The number of rotatable bonds is 6. The third kappa shape index (κ3) is 4.18. The zero-order valence-corrected chi connectivity index (χ0v) is 18.0. The van der Waals surface area contributed by atoms with E-state index in [4.69, 9.17) is 21.6 Å². The number of anilines is 1. The molecule has 0 aliphatic rings. The van der Waals surface area contributed by atoms with Crippen LogP contribution in [-0.2, 0) is 4.79 Å². The minimum Gasteiger partial charge on any atom is -0.371 e. The average molecular weight is 429 g/mol. The fraction of sp³-hybridized carbons (Fsp3) is 0.120. The second-order valence-electron chi connectivity index (χ2n) is 6.99. The minimum atomic E-state index is 0.547. The van der Waals surface area contributed by atoms with Crippen LogP contribution in [0.25, 0.3) is 39.5 Å². The SMILES string of the molecule is CC/C(C=O)=C/c1nc(-c2cc(Cl)c3ncccc3c2)c(-c2ccccc2)nc1NC. The molecule has 5 nitrogen and oxygen atoms in total. The van der Waals surface area contributed by atoms with Crippen LogP contribution in [0.1, 0.15) is 19.0 Å². The van der Waals surface area contributed by atoms with Crippen LogP contribution in [0.4, 0.5) is 5.82 Å². The van der Waals surface area contributed by atoms with Gasteiger partial charge in [-0.25, -0.2) is 9.97 Å². The number of nitrogens with one attached hydrogen (secondary N) is 1. The van der Waals surface area contributed by atoms with Crippen LogP contribution < -0.4 is 5.32 Å². The lowest BCUT2D eigenvalue weighted by atomic mass is 10.0. The lowest BCUT2D eigenvalue weighted by Crippen LogP contribution is -2.04. The molecule has 0 atom stereocenters. The molecule has 0 amide bonds. The number of benzene rings is 2. The summed E-state index contributed by atoms with van der Waals surface area (Å²) in [5.41, 5.74) is 5.16. The van der Waals surface area contributed by atoms with Crippen LogP contribution in [-0.4, -0.2) is 28.3 Å². The molecule has 0 saturated heterocycles. The fourth-order valence-electron chi connectivity index (χ4n) is 3.41. The van der Waals surface area contributed by atoms with Crippen molar-refractivity contribution in [1.82, 2.24) is 15.0 Å². The summed E-state index contributed by atoms with van der Waals surface area (Å²) in [7, 11) is 1.79. The Hall–Kier alpha value is -3.57. The van der Waals surface area contributed by atoms with E-state index in [2.05, 4.69) is 10.3 Å². The Labute approximate surface area is 185 Å². The molecule has 31 heavy (non-hydrogen) atoms. The third-order valence-corrected chi connectivity index (χ3v) is 5.31. The van der Waals surface area contributed by atoms with Gasteiger partial charge in [0.25, 0.3) is 0 Å². The monoisotopic (exact) mass is 428 g/mol. The lowest BCUT2D eigenvalue weighted by Gasteiger charge is -2.14. The lowest BCUT2D eigenvalue weighted by molar-refractivity contribution is -0.104. The average Bonchev–Trinajstić information content (AvgIpc) is 2.82. The number of carbonyl (C=O) groups is 1. The Morgan fingerprint density at radius 3 is 2.52 bits per heavy atom. The van der Waals surface area contributed by atoms with Crippen molar-refractivity contribution < 1.29 is 4.79 Å². The van der Waals surface area contributed by atoms with Gasteiger partial charge in [-0.1, -0.05) is 54.9 Å². The van der Waals surface area contributed by atoms with Crippen molar-refractivity contribution >= 4 is 40.7 Å². The molecule has 4 aromatic rings. The highest BCUT2D eigenvalue weighted by Crippen LogP contribution is 2.35. The van der Waals surface area contributed by atoms with Crippen LogP contribution in [0.3, 0.4) is 0 Å². The van der Waals surface area contributed by atoms with Crippen LogP contribution in [0.2, 0.25) is 5.02 Å². The van der Waals surface area contributed by atoms with Crippen molar-refractivity contribution in [2.45, 2.75) is 13.3 Å². The van der Waals surface area contributed by atoms with Gasteiger partial charge in [-0.3, -0.25) is 9.78 Å². The van der Waals surface area contributed by atoms with Gasteiger partial charge in [0, 0.05) is 29.8 Å². The smallest absolute Gasteiger partial charge is 0.152 e. The molecule has 0 aliphatic heterocycles. The van der Waals surface area contributed by atoms with Gasteiger partial charge in [-0.05, 0) is 36.3 Å². The second kappa shape index (κ2) is 9.06. The molecule has 6 heteroatoms. The van der Waals surface area contributed by atoms with E-state index in [-0.39, 0.29) is 0 Å². The number of fused-ring (bicyclic) bond motifs is 1. The van der Waals surface area contributed by atoms with E-state index in [0.717, 1.165) is 34.0 Å². The van der Waals surface area contributed by atoms with Gasteiger partial charge in [0.15, 0.2) is 5.82 Å². The quantitative estimate of drug-likeness (QED) is 0.299. The van der Waals surface area contributed by atoms with Crippen molar-refractivity contribution in [2.75, 3.05) is 12.4 Å². The number of halogens is 1. The van der Waals surface area contributed by atoms with E-state index in [1.54, 1.807) is 19.3 Å². The number of hydrogen-bond donors (Lipinski definition) is 1. The summed E-state index contributed by atoms with van der Waals surface area (Å²) in [6.45, 7) is 1.93. The summed E-state index contributed by atoms with van der Waals surface area (Å²) in [5.74, 6) is 0.601. The first-order valence-electron chi connectivity index (χ1n) is 10.00. The molecule has 2 aromatic heterocycles. The Bertz CT molecular complexity index is 1290. The number of carbonyl (C=O) groups excluding carboxylic acids is 1. The van der Waals surface area contributed by atoms with Crippen molar-refractivity contribution in [3.8, 4) is 22.5 Å². The summed E-state index contributed by atoms with van der Waals surface area (Å²) >= 11 is 6.56. The highest BCUT2D eigenvalue weighted by atomic mass is 35.5. The Balaban J connectivity index is 2.03. The first-order valence-corrected chi connectivity index (χ1v) is 10.4. The first-order chi connectivity index (χ1) is 15.1.